The zero-order valence-corrected chi connectivity index (χ0v) is 21.7. The van der Waals surface area contributed by atoms with Crippen molar-refractivity contribution in [2.75, 3.05) is 6.61 Å². The van der Waals surface area contributed by atoms with E-state index in [1.807, 2.05) is 0 Å². The number of carbonyl (C=O) groups excluding carboxylic acids is 2. The van der Waals surface area contributed by atoms with Crippen molar-refractivity contribution in [2.45, 2.75) is 154 Å². The summed E-state index contributed by atoms with van der Waals surface area (Å²) >= 11 is 0. The van der Waals surface area contributed by atoms with Crippen LogP contribution in [0.2, 0.25) is 0 Å². The summed E-state index contributed by atoms with van der Waals surface area (Å²) < 4.78 is 5.26. The Balaban J connectivity index is 1.69. The lowest BCUT2D eigenvalue weighted by atomic mass is 10.0. The minimum atomic E-state index is -0.408. The number of ether oxygens (including phenoxy) is 1. The summed E-state index contributed by atoms with van der Waals surface area (Å²) in [5.41, 5.74) is 0. The van der Waals surface area contributed by atoms with E-state index in [-0.39, 0.29) is 11.9 Å². The van der Waals surface area contributed by atoms with E-state index >= 15 is 0 Å². The number of esters is 1. The molecule has 0 aromatic rings. The third-order valence-corrected chi connectivity index (χ3v) is 6.68. The van der Waals surface area contributed by atoms with Crippen LogP contribution >= 0.6 is 0 Å². The first-order valence-electron chi connectivity index (χ1n) is 14.3. The molecule has 0 aromatic heterocycles. The number of unbranched alkanes of at least 4 members (excludes halogenated alkanes) is 18. The monoisotopic (exact) mass is 463 g/mol. The van der Waals surface area contributed by atoms with Crippen LogP contribution in [-0.4, -0.2) is 24.5 Å². The molecule has 1 fully saturated rings. The zero-order chi connectivity index (χ0) is 23.8. The molecule has 0 saturated carbocycles. The topological polar surface area (TPSA) is 55.4 Å². The van der Waals surface area contributed by atoms with Gasteiger partial charge in [-0.15, -0.1) is 0 Å². The summed E-state index contributed by atoms with van der Waals surface area (Å²) in [6.45, 7) is 2.75. The van der Waals surface area contributed by atoms with Gasteiger partial charge in [0.1, 0.15) is 6.04 Å². The maximum Gasteiger partial charge on any atom is 0.328 e. The van der Waals surface area contributed by atoms with E-state index < -0.39 is 6.04 Å². The van der Waals surface area contributed by atoms with E-state index in [0.29, 0.717) is 19.4 Å². The van der Waals surface area contributed by atoms with Gasteiger partial charge in [-0.2, -0.15) is 0 Å². The van der Waals surface area contributed by atoms with Crippen molar-refractivity contribution in [1.29, 1.82) is 0 Å². The third kappa shape index (κ3) is 18.8. The molecule has 0 radical (unpaired) electrons. The molecular weight excluding hydrogens is 410 g/mol. The number of allylic oxidation sites excluding steroid dienone is 2. The Morgan fingerprint density at radius 1 is 0.758 bits per heavy atom. The van der Waals surface area contributed by atoms with E-state index in [0.717, 1.165) is 12.8 Å². The van der Waals surface area contributed by atoms with Gasteiger partial charge in [-0.1, -0.05) is 115 Å². The van der Waals surface area contributed by atoms with Crippen LogP contribution in [0.5, 0.6) is 0 Å². The Bertz CT molecular complexity index is 503. The van der Waals surface area contributed by atoms with Gasteiger partial charge >= 0.3 is 5.97 Å². The summed E-state index contributed by atoms with van der Waals surface area (Å²) in [6, 6.07) is -0.408. The van der Waals surface area contributed by atoms with Crippen LogP contribution in [0.25, 0.3) is 0 Å². The summed E-state index contributed by atoms with van der Waals surface area (Å²) in [5.74, 6) is -0.305. The molecule has 1 aliphatic rings. The third-order valence-electron chi connectivity index (χ3n) is 6.68. The van der Waals surface area contributed by atoms with Gasteiger partial charge in [-0.3, -0.25) is 4.79 Å². The molecule has 192 valence electrons. The minimum Gasteiger partial charge on any atom is -0.464 e. The molecule has 33 heavy (non-hydrogen) atoms. The molecule has 1 aliphatic heterocycles. The maximum atomic E-state index is 11.8. The number of hydrogen-bond donors (Lipinski definition) is 1. The smallest absolute Gasteiger partial charge is 0.328 e. The van der Waals surface area contributed by atoms with Crippen LogP contribution in [0.3, 0.4) is 0 Å². The molecule has 0 spiro atoms. The average Bonchev–Trinajstić information content (AvgIpc) is 3.26. The second kappa shape index (κ2) is 22.5. The molecule has 0 aliphatic carbocycles. The molecule has 0 unspecified atom stereocenters. The second-order valence-electron chi connectivity index (χ2n) is 9.89. The molecule has 4 nitrogen and oxygen atoms in total. The Kier molecular flexibility index (Phi) is 20.2. The largest absolute Gasteiger partial charge is 0.464 e. The number of rotatable bonds is 23. The van der Waals surface area contributed by atoms with E-state index in [4.69, 9.17) is 4.74 Å². The SMILES string of the molecule is CCCCC/C=C/CCCCCCCCCCCCCCCCCOC(=O)[C@@H]1CCC(=O)N1. The highest BCUT2D eigenvalue weighted by atomic mass is 16.5. The number of nitrogens with one attached hydrogen (secondary N) is 1. The fourth-order valence-corrected chi connectivity index (χ4v) is 4.47. The number of hydrogen-bond acceptors (Lipinski definition) is 3. The van der Waals surface area contributed by atoms with Crippen LogP contribution < -0.4 is 5.32 Å². The van der Waals surface area contributed by atoms with Crippen molar-refractivity contribution in [1.82, 2.24) is 5.32 Å². The molecule has 1 rings (SSSR count). The fraction of sp³-hybridized carbons (Fsp3) is 0.862. The van der Waals surface area contributed by atoms with Gasteiger partial charge in [-0.05, 0) is 38.5 Å². The first-order chi connectivity index (χ1) is 16.2. The zero-order valence-electron chi connectivity index (χ0n) is 21.7. The Labute approximate surface area is 204 Å². The molecule has 1 heterocycles. The summed E-state index contributed by atoms with van der Waals surface area (Å²) in [4.78, 5) is 22.9. The molecule has 1 amide bonds. The highest BCUT2D eigenvalue weighted by molar-refractivity contribution is 5.87. The van der Waals surface area contributed by atoms with Crippen molar-refractivity contribution in [3.63, 3.8) is 0 Å². The van der Waals surface area contributed by atoms with E-state index in [9.17, 15) is 9.59 Å². The summed E-state index contributed by atoms with van der Waals surface area (Å²) in [6.07, 6.45) is 32.3. The Morgan fingerprint density at radius 2 is 1.21 bits per heavy atom. The van der Waals surface area contributed by atoms with Gasteiger partial charge in [0.2, 0.25) is 5.91 Å². The van der Waals surface area contributed by atoms with Crippen molar-refractivity contribution < 1.29 is 14.3 Å². The highest BCUT2D eigenvalue weighted by Gasteiger charge is 2.28. The first-order valence-corrected chi connectivity index (χ1v) is 14.3. The lowest BCUT2D eigenvalue weighted by Gasteiger charge is -2.09. The molecule has 1 N–H and O–H groups in total. The molecular formula is C29H53NO3. The van der Waals surface area contributed by atoms with Crippen molar-refractivity contribution in [2.24, 2.45) is 0 Å². The quantitative estimate of drug-likeness (QED) is 0.0944. The minimum absolute atomic E-state index is 0.0423. The molecule has 1 atom stereocenters. The van der Waals surface area contributed by atoms with Crippen LogP contribution in [0.4, 0.5) is 0 Å². The molecule has 0 aromatic carbocycles. The predicted octanol–water partition coefficient (Wildman–Crippen LogP) is 8.19. The van der Waals surface area contributed by atoms with Gasteiger partial charge in [-0.25, -0.2) is 4.79 Å². The van der Waals surface area contributed by atoms with E-state index in [2.05, 4.69) is 24.4 Å². The van der Waals surface area contributed by atoms with Crippen LogP contribution in [-0.2, 0) is 14.3 Å². The number of amides is 1. The van der Waals surface area contributed by atoms with Gasteiger partial charge in [0, 0.05) is 6.42 Å². The average molecular weight is 464 g/mol. The van der Waals surface area contributed by atoms with Crippen molar-refractivity contribution >= 4 is 11.9 Å². The standard InChI is InChI=1S/C29H53NO3/c1-2-3-4-5-6-7-8-9-10-11-12-13-14-15-16-17-18-19-20-21-22-23-26-33-29(32)27-24-25-28(31)30-27/h6-7,27H,2-5,8-26H2,1H3,(H,30,31)/b7-6+/t27-/m0/s1. The van der Waals surface area contributed by atoms with Crippen molar-refractivity contribution in [3.05, 3.63) is 12.2 Å². The van der Waals surface area contributed by atoms with Gasteiger partial charge in [0.15, 0.2) is 0 Å². The van der Waals surface area contributed by atoms with Crippen LogP contribution in [0, 0.1) is 0 Å². The van der Waals surface area contributed by atoms with Crippen molar-refractivity contribution in [3.8, 4) is 0 Å². The fourth-order valence-electron chi connectivity index (χ4n) is 4.47. The Hall–Kier alpha value is -1.32. The predicted molar refractivity (Wildman–Crippen MR) is 139 cm³/mol. The second-order valence-corrected chi connectivity index (χ2v) is 9.89. The highest BCUT2D eigenvalue weighted by Crippen LogP contribution is 2.14. The van der Waals surface area contributed by atoms with Crippen LogP contribution in [0.1, 0.15) is 148 Å². The maximum absolute atomic E-state index is 11.8. The van der Waals surface area contributed by atoms with Crippen LogP contribution in [0.15, 0.2) is 12.2 Å². The van der Waals surface area contributed by atoms with E-state index in [1.54, 1.807) is 0 Å². The van der Waals surface area contributed by atoms with E-state index in [1.165, 1.54) is 116 Å². The molecule has 1 saturated heterocycles. The summed E-state index contributed by atoms with van der Waals surface area (Å²) in [5, 5.41) is 2.65. The van der Waals surface area contributed by atoms with Gasteiger partial charge < -0.3 is 10.1 Å². The summed E-state index contributed by atoms with van der Waals surface area (Å²) in [7, 11) is 0. The molecule has 4 heteroatoms. The van der Waals surface area contributed by atoms with Gasteiger partial charge in [0.05, 0.1) is 6.61 Å². The molecule has 0 bridgehead atoms. The lowest BCUT2D eigenvalue weighted by Crippen LogP contribution is -2.34. The Morgan fingerprint density at radius 3 is 1.67 bits per heavy atom. The lowest BCUT2D eigenvalue weighted by molar-refractivity contribution is -0.146. The number of carbonyl (C=O) groups is 2. The first kappa shape index (κ1) is 29.7. The normalized spacial score (nSPS) is 15.9. The van der Waals surface area contributed by atoms with Gasteiger partial charge in [0.25, 0.3) is 0 Å².